The van der Waals surface area contributed by atoms with Crippen LogP contribution in [0.5, 0.6) is 0 Å². The molecule has 0 radical (unpaired) electrons. The van der Waals surface area contributed by atoms with Crippen LogP contribution in [0.1, 0.15) is 11.6 Å². The topological polar surface area (TPSA) is 211 Å². The Morgan fingerprint density at radius 2 is 2.03 bits per heavy atom. The first-order chi connectivity index (χ1) is 16.6. The molecule has 186 valence electrons. The molecule has 1 fully saturated rings. The minimum absolute atomic E-state index is 0.0435. The highest BCUT2D eigenvalue weighted by atomic mass is 32.2. The summed E-state index contributed by atoms with van der Waals surface area (Å²) >= 11 is 2.23. The largest absolute Gasteiger partial charge is 0.477 e. The Kier molecular flexibility index (Phi) is 7.13. The van der Waals surface area contributed by atoms with Gasteiger partial charge >= 0.3 is 5.97 Å². The van der Waals surface area contributed by atoms with Crippen LogP contribution >= 0.6 is 23.5 Å². The Hall–Kier alpha value is -2.99. The van der Waals surface area contributed by atoms with E-state index in [2.05, 4.69) is 20.8 Å². The van der Waals surface area contributed by atoms with Crippen molar-refractivity contribution in [1.82, 2.24) is 30.4 Å². The second-order valence-corrected chi connectivity index (χ2v) is 11.0. The molecule has 35 heavy (non-hydrogen) atoms. The van der Waals surface area contributed by atoms with Gasteiger partial charge in [-0.05, 0) is 21.6 Å². The Morgan fingerprint density at radius 3 is 2.69 bits per heavy atom. The van der Waals surface area contributed by atoms with E-state index >= 15 is 0 Å². The van der Waals surface area contributed by atoms with Gasteiger partial charge in [0.05, 0.1) is 0 Å². The lowest BCUT2D eigenvalue weighted by molar-refractivity contribution is -0.150. The van der Waals surface area contributed by atoms with Crippen molar-refractivity contribution in [2.45, 2.75) is 28.5 Å². The van der Waals surface area contributed by atoms with Gasteiger partial charge in [0.15, 0.2) is 5.88 Å². The van der Waals surface area contributed by atoms with E-state index in [0.717, 1.165) is 21.3 Å². The third-order valence-electron chi connectivity index (χ3n) is 5.15. The molecule has 0 saturated carbocycles. The van der Waals surface area contributed by atoms with E-state index < -0.39 is 51.2 Å². The molecule has 2 amide bonds. The fourth-order valence-electron chi connectivity index (χ4n) is 3.54. The molecule has 3 heterocycles. The summed E-state index contributed by atoms with van der Waals surface area (Å²) in [7, 11) is -4.39. The van der Waals surface area contributed by atoms with E-state index in [-0.39, 0.29) is 22.4 Å². The number of carbonyl (C=O) groups excluding carboxylic acids is 2. The number of nitrogens with one attached hydrogen (secondary N) is 1. The van der Waals surface area contributed by atoms with Crippen LogP contribution < -0.4 is 11.1 Å². The fourth-order valence-corrected chi connectivity index (χ4v) is 6.46. The van der Waals surface area contributed by atoms with E-state index in [1.165, 1.54) is 11.8 Å². The van der Waals surface area contributed by atoms with Gasteiger partial charge in [-0.15, -0.1) is 16.9 Å². The van der Waals surface area contributed by atoms with E-state index in [0.29, 0.717) is 11.1 Å². The highest BCUT2D eigenvalue weighted by Crippen LogP contribution is 2.41. The quantitative estimate of drug-likeness (QED) is 0.171. The Morgan fingerprint density at radius 1 is 1.31 bits per heavy atom. The number of aromatic nitrogens is 4. The van der Waals surface area contributed by atoms with Crippen molar-refractivity contribution in [3.05, 3.63) is 47.2 Å². The second kappa shape index (κ2) is 9.94. The number of hydrogen-bond acceptors (Lipinski definition) is 11. The molecule has 2 aliphatic heterocycles. The summed E-state index contributed by atoms with van der Waals surface area (Å²) in [5, 5.41) is 22.4. The first kappa shape index (κ1) is 25.1. The second-order valence-electron chi connectivity index (χ2n) is 7.50. The van der Waals surface area contributed by atoms with Gasteiger partial charge in [0.25, 0.3) is 16.0 Å². The highest BCUT2D eigenvalue weighted by Gasteiger charge is 2.54. The number of hydrogen-bond donors (Lipinski definition) is 4. The Balaban J connectivity index is 1.46. The summed E-state index contributed by atoms with van der Waals surface area (Å²) in [5.41, 5.74) is 6.75. The molecule has 4 rings (SSSR count). The summed E-state index contributed by atoms with van der Waals surface area (Å²) in [5.74, 6) is -3.02. The zero-order valence-electron chi connectivity index (χ0n) is 17.7. The molecule has 1 unspecified atom stereocenters. The van der Waals surface area contributed by atoms with Gasteiger partial charge in [-0.2, -0.15) is 8.42 Å². The minimum atomic E-state index is -4.39. The van der Waals surface area contributed by atoms with Crippen molar-refractivity contribution in [3.8, 4) is 0 Å². The number of carboxylic acids is 1. The number of nitrogens with zero attached hydrogens (tertiary/aromatic N) is 5. The number of fused-ring (bicyclic) bond motifs is 1. The average Bonchev–Trinajstić information content (AvgIpc) is 3.25. The van der Waals surface area contributed by atoms with E-state index in [1.807, 2.05) is 0 Å². The maximum atomic E-state index is 12.8. The standard InChI is InChI=1S/C18H19N7O7S3/c19-11(9-4-2-1-3-5-9)14(26)20-12-15(27)25-13(17(28)29)10(6-33-16(12)25)7-34-18-21-22-23-24(18)8-35(30,31)32/h1-5,11-12,16H,6-8,19H2,(H,20,26)(H,28,29)(H,30,31,32)/t11-,12?,16-/m1/s1. The highest BCUT2D eigenvalue weighted by molar-refractivity contribution is 8.01. The minimum Gasteiger partial charge on any atom is -0.477 e. The normalized spacial score (nSPS) is 20.7. The number of carboxylic acid groups (broad SMARTS) is 1. The van der Waals surface area contributed by atoms with Crippen LogP contribution in [-0.4, -0.2) is 83.9 Å². The van der Waals surface area contributed by atoms with Gasteiger partial charge in [0.2, 0.25) is 11.1 Å². The van der Waals surface area contributed by atoms with Gasteiger partial charge in [-0.25, -0.2) is 9.48 Å². The molecule has 0 spiro atoms. The van der Waals surface area contributed by atoms with Crippen LogP contribution in [0.25, 0.3) is 0 Å². The van der Waals surface area contributed by atoms with Gasteiger partial charge in [0.1, 0.15) is 23.2 Å². The zero-order valence-corrected chi connectivity index (χ0v) is 20.2. The number of benzene rings is 1. The first-order valence-corrected chi connectivity index (χ1v) is 13.6. The SMILES string of the molecule is N[C@@H](C(=O)NC1C(=O)N2C(C(=O)O)=C(CSc3nnnn3CS(=O)(=O)O)CS[C@H]12)c1ccccc1. The van der Waals surface area contributed by atoms with Crippen LogP contribution in [0.2, 0.25) is 0 Å². The van der Waals surface area contributed by atoms with Gasteiger partial charge in [0, 0.05) is 11.5 Å². The van der Waals surface area contributed by atoms with Crippen LogP contribution in [0, 0.1) is 0 Å². The molecule has 2 aromatic rings. The molecule has 17 heteroatoms. The molecular weight excluding hydrogens is 522 g/mol. The molecular formula is C18H19N7O7S3. The average molecular weight is 542 g/mol. The Labute approximate surface area is 207 Å². The monoisotopic (exact) mass is 541 g/mol. The number of tetrazole rings is 1. The smallest absolute Gasteiger partial charge is 0.352 e. The third-order valence-corrected chi connectivity index (χ3v) is 8.10. The molecule has 0 aliphatic carbocycles. The van der Waals surface area contributed by atoms with Crippen molar-refractivity contribution >= 4 is 51.4 Å². The van der Waals surface area contributed by atoms with Crippen molar-refractivity contribution in [1.29, 1.82) is 0 Å². The number of rotatable bonds is 9. The summed E-state index contributed by atoms with van der Waals surface area (Å²) in [4.78, 5) is 38.5. The number of nitrogens with two attached hydrogens (primary N) is 1. The van der Waals surface area contributed by atoms with Gasteiger partial charge in [-0.3, -0.25) is 19.0 Å². The number of carbonyl (C=O) groups is 3. The molecule has 0 bridgehead atoms. The summed E-state index contributed by atoms with van der Waals surface area (Å²) in [6.07, 6.45) is 0. The lowest BCUT2D eigenvalue weighted by Crippen LogP contribution is -2.71. The predicted octanol–water partition coefficient (Wildman–Crippen LogP) is -0.951. The first-order valence-electron chi connectivity index (χ1n) is 9.92. The van der Waals surface area contributed by atoms with Crippen molar-refractivity contribution < 1.29 is 32.5 Å². The van der Waals surface area contributed by atoms with E-state index in [9.17, 15) is 27.9 Å². The summed E-state index contributed by atoms with van der Waals surface area (Å²) < 4.78 is 32.1. The third kappa shape index (κ3) is 5.32. The molecule has 1 saturated heterocycles. The molecule has 3 atom stereocenters. The number of β-lactam (4-membered cyclic amide) rings is 1. The summed E-state index contributed by atoms with van der Waals surface area (Å²) in [6.45, 7) is 0. The number of amides is 2. The maximum absolute atomic E-state index is 12.8. The van der Waals surface area contributed by atoms with Crippen LogP contribution in [0.4, 0.5) is 0 Å². The molecule has 2 aliphatic rings. The van der Waals surface area contributed by atoms with Gasteiger partial charge in [-0.1, -0.05) is 42.1 Å². The molecule has 1 aromatic carbocycles. The van der Waals surface area contributed by atoms with Crippen LogP contribution in [0.3, 0.4) is 0 Å². The Bertz CT molecular complexity index is 1300. The number of thioether (sulfide) groups is 2. The molecule has 14 nitrogen and oxygen atoms in total. The number of aliphatic carboxylic acids is 1. The molecule has 1 aromatic heterocycles. The van der Waals surface area contributed by atoms with E-state index in [1.54, 1.807) is 30.3 Å². The van der Waals surface area contributed by atoms with Crippen molar-refractivity contribution in [3.63, 3.8) is 0 Å². The lowest BCUT2D eigenvalue weighted by Gasteiger charge is -2.49. The summed E-state index contributed by atoms with van der Waals surface area (Å²) in [6, 6.07) is 6.73. The zero-order chi connectivity index (χ0) is 25.3. The van der Waals surface area contributed by atoms with Gasteiger partial charge < -0.3 is 16.2 Å². The van der Waals surface area contributed by atoms with Crippen LogP contribution in [0.15, 0.2) is 46.8 Å². The fraction of sp³-hybridized carbons (Fsp3) is 0.333. The van der Waals surface area contributed by atoms with E-state index in [4.69, 9.17) is 10.3 Å². The van der Waals surface area contributed by atoms with Crippen molar-refractivity contribution in [2.24, 2.45) is 5.73 Å². The predicted molar refractivity (Wildman–Crippen MR) is 123 cm³/mol. The van der Waals surface area contributed by atoms with Crippen molar-refractivity contribution in [2.75, 3.05) is 11.5 Å². The molecule has 5 N–H and O–H groups in total. The lowest BCUT2D eigenvalue weighted by atomic mass is 10.0. The maximum Gasteiger partial charge on any atom is 0.352 e. The van der Waals surface area contributed by atoms with Crippen LogP contribution in [-0.2, 0) is 30.4 Å².